The highest BCUT2D eigenvalue weighted by atomic mass is 35.5. The quantitative estimate of drug-likeness (QED) is 0.0894. The Morgan fingerprint density at radius 3 is 2.41 bits per heavy atom. The van der Waals surface area contributed by atoms with E-state index >= 15 is 0 Å². The van der Waals surface area contributed by atoms with E-state index in [1.54, 1.807) is 27.9 Å². The smallest absolute Gasteiger partial charge is 0.311 e. The number of carbonyl (C=O) groups excluding carboxylic acids is 1. The van der Waals surface area contributed by atoms with Gasteiger partial charge in [0.25, 0.3) is 0 Å². The van der Waals surface area contributed by atoms with Gasteiger partial charge in [-0.3, -0.25) is 9.69 Å². The summed E-state index contributed by atoms with van der Waals surface area (Å²) < 4.78 is 38.0. The monoisotopic (exact) mass is 813 g/mol. The largest absolute Gasteiger partial charge is 0.459 e. The summed E-state index contributed by atoms with van der Waals surface area (Å²) in [4.78, 5) is 29.2. The number of esters is 1. The lowest BCUT2D eigenvalue weighted by molar-refractivity contribution is -0.389. The molecule has 56 heavy (non-hydrogen) atoms. The first-order chi connectivity index (χ1) is 26.2. The van der Waals surface area contributed by atoms with Crippen molar-refractivity contribution in [1.29, 1.82) is 0 Å². The van der Waals surface area contributed by atoms with Gasteiger partial charge in [0, 0.05) is 36.6 Å². The van der Waals surface area contributed by atoms with Crippen LogP contribution in [0.25, 0.3) is 0 Å². The summed E-state index contributed by atoms with van der Waals surface area (Å²) in [6.45, 7) is 19.0. The van der Waals surface area contributed by atoms with Crippen molar-refractivity contribution in [1.82, 2.24) is 4.90 Å². The molecule has 18 atom stereocenters. The number of nitrogens with zero attached hydrogens (tertiary/aromatic N) is 1. The topological polar surface area (TPSA) is 158 Å². The zero-order valence-corrected chi connectivity index (χ0v) is 36.1. The van der Waals surface area contributed by atoms with E-state index in [9.17, 15) is 20.1 Å². The van der Waals surface area contributed by atoms with Gasteiger partial charge in [0.2, 0.25) is 5.79 Å². The molecule has 0 spiro atoms. The molecule has 13 nitrogen and oxygen atoms in total. The lowest BCUT2D eigenvalue weighted by Crippen LogP contribution is -2.57. The number of hydrogen-bond donors (Lipinski definition) is 3. The zero-order valence-electron chi connectivity index (χ0n) is 35.3. The number of ether oxygens (including phenoxy) is 6. The Hall–Kier alpha value is -1.46. The summed E-state index contributed by atoms with van der Waals surface area (Å²) in [5.74, 6) is -3.42. The number of cyclic esters (lactones) is 1. The minimum absolute atomic E-state index is 0.0505. The molecule has 0 aromatic heterocycles. The van der Waals surface area contributed by atoms with E-state index in [4.69, 9.17) is 49.8 Å². The Bertz CT molecular complexity index is 1470. The number of rotatable bonds is 15. The van der Waals surface area contributed by atoms with Crippen molar-refractivity contribution in [2.45, 2.75) is 186 Å². The van der Waals surface area contributed by atoms with E-state index in [0.717, 1.165) is 5.56 Å². The fourth-order valence-corrected chi connectivity index (χ4v) is 9.98. The van der Waals surface area contributed by atoms with Crippen LogP contribution in [0, 0.1) is 23.7 Å². The highest BCUT2D eigenvalue weighted by Crippen LogP contribution is 2.51. The van der Waals surface area contributed by atoms with E-state index in [0.29, 0.717) is 24.4 Å². The van der Waals surface area contributed by atoms with Crippen molar-refractivity contribution in [3.8, 4) is 0 Å². The lowest BCUT2D eigenvalue weighted by Gasteiger charge is -2.42. The van der Waals surface area contributed by atoms with Gasteiger partial charge in [-0.2, -0.15) is 0 Å². The Morgan fingerprint density at radius 2 is 1.79 bits per heavy atom. The molecule has 2 bridgehead atoms. The predicted molar refractivity (Wildman–Crippen MR) is 208 cm³/mol. The van der Waals surface area contributed by atoms with Crippen LogP contribution in [0.5, 0.6) is 0 Å². The third-order valence-corrected chi connectivity index (χ3v) is 13.2. The second-order valence-electron chi connectivity index (χ2n) is 17.7. The summed E-state index contributed by atoms with van der Waals surface area (Å²) in [7, 11) is 3.55. The van der Waals surface area contributed by atoms with Gasteiger partial charge in [0.15, 0.2) is 6.29 Å². The van der Waals surface area contributed by atoms with Crippen LogP contribution >= 0.6 is 11.6 Å². The van der Waals surface area contributed by atoms with Crippen LogP contribution in [0.15, 0.2) is 24.3 Å². The third kappa shape index (κ3) is 9.61. The molecule has 14 heteroatoms. The molecule has 320 valence electrons. The summed E-state index contributed by atoms with van der Waals surface area (Å²) in [6.07, 6.45) is -5.28. The molecule has 4 heterocycles. The van der Waals surface area contributed by atoms with Gasteiger partial charge in [0.05, 0.1) is 54.6 Å². The van der Waals surface area contributed by atoms with E-state index in [2.05, 4.69) is 11.8 Å². The molecule has 4 saturated heterocycles. The molecule has 0 aliphatic carbocycles. The van der Waals surface area contributed by atoms with Crippen LogP contribution in [0.3, 0.4) is 0 Å². The highest BCUT2D eigenvalue weighted by Gasteiger charge is 2.66. The highest BCUT2D eigenvalue weighted by molar-refractivity contribution is 6.30. The molecule has 1 aromatic carbocycles. The second-order valence-corrected chi connectivity index (χ2v) is 18.2. The number of likely N-dealkylation sites (N-methyl/N-ethyl adjacent to an activating group) is 1. The summed E-state index contributed by atoms with van der Waals surface area (Å²) in [5, 5.41) is 34.4. The van der Waals surface area contributed by atoms with E-state index in [1.165, 1.54) is 6.92 Å². The van der Waals surface area contributed by atoms with Gasteiger partial charge in [0.1, 0.15) is 23.9 Å². The van der Waals surface area contributed by atoms with Crippen LogP contribution < -0.4 is 0 Å². The molecule has 3 N–H and O–H groups in total. The maximum atomic E-state index is 14.3. The number of aliphatic hydroxyl groups excluding tert-OH is 2. The van der Waals surface area contributed by atoms with Gasteiger partial charge in [-0.1, -0.05) is 51.4 Å². The molecular formula is C42H68ClNO12. The molecule has 4 aliphatic heterocycles. The van der Waals surface area contributed by atoms with Crippen LogP contribution in [0.2, 0.25) is 5.02 Å². The fourth-order valence-electron chi connectivity index (χ4n) is 9.77. The number of methoxy groups -OCH3 is 1. The molecule has 0 radical (unpaired) electrons. The minimum Gasteiger partial charge on any atom is -0.459 e. The van der Waals surface area contributed by atoms with Crippen molar-refractivity contribution < 1.29 is 58.3 Å². The van der Waals surface area contributed by atoms with Crippen LogP contribution in [0.4, 0.5) is 0 Å². The van der Waals surface area contributed by atoms with Crippen LogP contribution in [-0.4, -0.2) is 125 Å². The SMILES string of the molecule is CC[C@@H](O)[C@@](C)(O)[C@@H]1OC(=O)[C@H](C)[C@@H](O[C@H]2CC3(OC)O[C@H]3C(C)O2)[C@H](C)[C@@H](OOC(C)CC(C(C)O)N(C)Cc2cccc(Cl)c2)[C@@]2(C)CC(C)C(O2)[C@@H]1C. The first kappa shape index (κ1) is 45.6. The van der Waals surface area contributed by atoms with Crippen molar-refractivity contribution in [2.24, 2.45) is 23.7 Å². The van der Waals surface area contributed by atoms with Gasteiger partial charge >= 0.3 is 5.97 Å². The normalized spacial score (nSPS) is 40.8. The van der Waals surface area contributed by atoms with Crippen molar-refractivity contribution in [2.75, 3.05) is 14.2 Å². The molecular weight excluding hydrogens is 746 g/mol. The summed E-state index contributed by atoms with van der Waals surface area (Å²) in [6, 6.07) is 7.37. The number of aliphatic hydroxyl groups is 3. The van der Waals surface area contributed by atoms with Crippen molar-refractivity contribution >= 4 is 17.6 Å². The minimum atomic E-state index is -1.78. The zero-order chi connectivity index (χ0) is 41.5. The Kier molecular flexibility index (Phi) is 14.7. The number of epoxide rings is 1. The van der Waals surface area contributed by atoms with Crippen LogP contribution in [0.1, 0.15) is 100 Å². The van der Waals surface area contributed by atoms with Crippen LogP contribution in [-0.2, 0) is 49.5 Å². The molecule has 7 unspecified atom stereocenters. The standard InChI is InChI=1S/C42H68ClNO12/c1-13-32(46)41(10,48)37-24(4)34-22(2)19-40(9,53-34)36(56-55-23(3)17-31(27(7)45)44(11)21-29-15-14-16-30(43)18-29)25(5)35(26(6)39(47)52-37)51-33-20-42(49-12)38(54-42)28(8)50-33/h14-16,18,22-28,31-38,45-46,48H,13,17,19-21H2,1-12H3/t22?,23?,24-,25-,26+,27?,28?,31?,32+,33-,34?,35-,36+,37+,38-,40+,41+,42?/m0/s1. The maximum absolute atomic E-state index is 14.3. The first-order valence-corrected chi connectivity index (χ1v) is 20.8. The van der Waals surface area contributed by atoms with Gasteiger partial charge in [-0.15, -0.1) is 0 Å². The van der Waals surface area contributed by atoms with Crippen molar-refractivity contribution in [3.05, 3.63) is 34.9 Å². The average Bonchev–Trinajstić information content (AvgIpc) is 3.80. The van der Waals surface area contributed by atoms with Gasteiger partial charge < -0.3 is 43.7 Å². The fraction of sp³-hybridized carbons (Fsp3) is 0.833. The molecule has 0 saturated carbocycles. The second kappa shape index (κ2) is 18.0. The number of halogens is 1. The molecule has 4 fully saturated rings. The van der Waals surface area contributed by atoms with E-state index in [-0.39, 0.29) is 37.0 Å². The van der Waals surface area contributed by atoms with E-state index < -0.39 is 89.7 Å². The number of benzene rings is 1. The lowest BCUT2D eigenvalue weighted by atomic mass is 9.76. The first-order valence-electron chi connectivity index (χ1n) is 20.4. The molecule has 4 aliphatic rings. The molecule has 0 amide bonds. The maximum Gasteiger partial charge on any atom is 0.311 e. The summed E-state index contributed by atoms with van der Waals surface area (Å²) in [5.41, 5.74) is -1.70. The average molecular weight is 814 g/mol. The Morgan fingerprint density at radius 1 is 1.09 bits per heavy atom. The molecule has 5 rings (SSSR count). The van der Waals surface area contributed by atoms with Crippen molar-refractivity contribution in [3.63, 3.8) is 0 Å². The summed E-state index contributed by atoms with van der Waals surface area (Å²) >= 11 is 6.25. The number of fused-ring (bicyclic) bond motifs is 3. The number of carbonyl (C=O) groups is 1. The molecule has 1 aromatic rings. The number of hydrogen-bond acceptors (Lipinski definition) is 13. The Labute approximate surface area is 338 Å². The Balaban J connectivity index is 1.45. The third-order valence-electron chi connectivity index (χ3n) is 13.0. The van der Waals surface area contributed by atoms with Gasteiger partial charge in [-0.25, -0.2) is 9.78 Å². The predicted octanol–water partition coefficient (Wildman–Crippen LogP) is 5.42. The van der Waals surface area contributed by atoms with E-state index in [1.807, 2.05) is 65.9 Å². The van der Waals surface area contributed by atoms with Gasteiger partial charge in [-0.05, 0) is 91.5 Å².